The van der Waals surface area contributed by atoms with Gasteiger partial charge >= 0.3 is 0 Å². The Morgan fingerprint density at radius 3 is 2.55 bits per heavy atom. The van der Waals surface area contributed by atoms with Crippen LogP contribution in [0.3, 0.4) is 0 Å². The number of hydrogen-bond acceptors (Lipinski definition) is 5. The van der Waals surface area contributed by atoms with Crippen LogP contribution in [0.5, 0.6) is 5.75 Å². The average molecular weight is 394 g/mol. The highest BCUT2D eigenvalue weighted by molar-refractivity contribution is 6.37. The summed E-state index contributed by atoms with van der Waals surface area (Å²) in [6.45, 7) is 5.29. The molecule has 152 valence electrons. The first-order valence-corrected chi connectivity index (χ1v) is 9.72. The molecule has 1 heterocycles. The first-order chi connectivity index (χ1) is 14.1. The Labute approximate surface area is 171 Å². The summed E-state index contributed by atoms with van der Waals surface area (Å²) in [6.07, 6.45) is 0.586. The van der Waals surface area contributed by atoms with Crippen LogP contribution >= 0.6 is 0 Å². The lowest BCUT2D eigenvalue weighted by Crippen LogP contribution is -2.34. The highest BCUT2D eigenvalue weighted by Crippen LogP contribution is 2.35. The molecule has 0 spiro atoms. The molecular weight excluding hydrogens is 368 g/mol. The molecule has 0 radical (unpaired) electrons. The van der Waals surface area contributed by atoms with Gasteiger partial charge in [0.25, 0.3) is 11.8 Å². The number of carbonyl (C=O) groups is 2. The monoisotopic (exact) mass is 394 g/mol. The molecule has 0 fully saturated rings. The van der Waals surface area contributed by atoms with Gasteiger partial charge in [-0.15, -0.1) is 0 Å². The van der Waals surface area contributed by atoms with Crippen molar-refractivity contribution in [1.29, 1.82) is 0 Å². The number of carbonyl (C=O) groups excluding carboxylic acids is 2. The Kier molecular flexibility index (Phi) is 6.67. The summed E-state index contributed by atoms with van der Waals surface area (Å²) in [7, 11) is 1.55. The number of imide groups is 1. The summed E-state index contributed by atoms with van der Waals surface area (Å²) in [4.78, 5) is 27.7. The van der Waals surface area contributed by atoms with E-state index in [4.69, 9.17) is 9.47 Å². The van der Waals surface area contributed by atoms with Crippen LogP contribution in [0.4, 0.5) is 5.69 Å². The van der Waals surface area contributed by atoms with Gasteiger partial charge in [0.1, 0.15) is 11.4 Å². The normalized spacial score (nSPS) is 14.0. The highest BCUT2D eigenvalue weighted by atomic mass is 16.5. The predicted molar refractivity (Wildman–Crippen MR) is 113 cm³/mol. The number of aryl methyl sites for hydroxylation is 1. The Hall–Kier alpha value is -3.12. The number of nitrogens with one attached hydrogen (secondary N) is 1. The summed E-state index contributed by atoms with van der Waals surface area (Å²) >= 11 is 0. The number of benzene rings is 2. The van der Waals surface area contributed by atoms with Crippen molar-refractivity contribution in [3.05, 3.63) is 65.4 Å². The van der Waals surface area contributed by atoms with Gasteiger partial charge in [0.15, 0.2) is 0 Å². The Balaban J connectivity index is 1.99. The molecule has 29 heavy (non-hydrogen) atoms. The predicted octanol–water partition coefficient (Wildman–Crippen LogP) is 3.62. The summed E-state index contributed by atoms with van der Waals surface area (Å²) in [5, 5.41) is 3.17. The fraction of sp³-hybridized carbons (Fsp3) is 0.304. The van der Waals surface area contributed by atoms with Crippen molar-refractivity contribution < 1.29 is 19.1 Å². The maximum Gasteiger partial charge on any atom is 0.278 e. The zero-order valence-electron chi connectivity index (χ0n) is 17.0. The molecule has 1 aliphatic rings. The number of ether oxygens (including phenoxy) is 2. The average Bonchev–Trinajstić information content (AvgIpc) is 2.95. The van der Waals surface area contributed by atoms with E-state index in [-0.39, 0.29) is 17.5 Å². The van der Waals surface area contributed by atoms with Gasteiger partial charge in [-0.2, -0.15) is 0 Å². The van der Waals surface area contributed by atoms with Crippen LogP contribution in [0.15, 0.2) is 54.2 Å². The summed E-state index contributed by atoms with van der Waals surface area (Å²) in [5.41, 5.74) is 2.99. The first-order valence-electron chi connectivity index (χ1n) is 9.72. The Morgan fingerprint density at radius 1 is 1.03 bits per heavy atom. The molecule has 2 amide bonds. The number of nitrogens with zero attached hydrogens (tertiary/aromatic N) is 1. The van der Waals surface area contributed by atoms with Crippen molar-refractivity contribution in [1.82, 2.24) is 4.90 Å². The van der Waals surface area contributed by atoms with Crippen molar-refractivity contribution in [3.63, 3.8) is 0 Å². The Morgan fingerprint density at radius 2 is 1.83 bits per heavy atom. The van der Waals surface area contributed by atoms with Gasteiger partial charge in [0.2, 0.25) is 0 Å². The van der Waals surface area contributed by atoms with Crippen LogP contribution in [0.25, 0.3) is 5.57 Å². The second-order valence-electron chi connectivity index (χ2n) is 6.76. The quantitative estimate of drug-likeness (QED) is 0.520. The van der Waals surface area contributed by atoms with Crippen LogP contribution in [0, 0.1) is 6.92 Å². The molecule has 0 bridgehead atoms. The molecule has 2 aromatic rings. The van der Waals surface area contributed by atoms with E-state index in [0.29, 0.717) is 43.1 Å². The van der Waals surface area contributed by atoms with E-state index < -0.39 is 0 Å². The van der Waals surface area contributed by atoms with Gasteiger partial charge in [0.05, 0.1) is 12.7 Å². The summed E-state index contributed by atoms with van der Waals surface area (Å²) < 4.78 is 10.8. The third-order valence-corrected chi connectivity index (χ3v) is 4.71. The lowest BCUT2D eigenvalue weighted by molar-refractivity contribution is -0.137. The number of para-hydroxylation sites is 1. The maximum absolute atomic E-state index is 13.2. The minimum absolute atomic E-state index is 0.265. The minimum atomic E-state index is -0.339. The van der Waals surface area contributed by atoms with Crippen LogP contribution in [0.1, 0.15) is 24.5 Å². The van der Waals surface area contributed by atoms with Crippen LogP contribution in [0.2, 0.25) is 0 Å². The number of amides is 2. The second kappa shape index (κ2) is 9.39. The van der Waals surface area contributed by atoms with Gasteiger partial charge < -0.3 is 14.8 Å². The highest BCUT2D eigenvalue weighted by Gasteiger charge is 2.39. The molecule has 2 aromatic carbocycles. The SMILES string of the molecule is CCOCCCN1C(=O)C(Nc2cccc(C)c2)=C(c2ccccc2OC)C1=O. The second-order valence-corrected chi connectivity index (χ2v) is 6.76. The van der Waals surface area contributed by atoms with Gasteiger partial charge in [0, 0.05) is 31.0 Å². The molecule has 1 N–H and O–H groups in total. The van der Waals surface area contributed by atoms with Crippen molar-refractivity contribution in [2.45, 2.75) is 20.3 Å². The van der Waals surface area contributed by atoms with E-state index in [1.54, 1.807) is 19.2 Å². The maximum atomic E-state index is 13.2. The molecule has 0 saturated carbocycles. The minimum Gasteiger partial charge on any atom is -0.496 e. The smallest absolute Gasteiger partial charge is 0.278 e. The van der Waals surface area contributed by atoms with E-state index in [9.17, 15) is 9.59 Å². The van der Waals surface area contributed by atoms with Gasteiger partial charge in [-0.1, -0.05) is 30.3 Å². The molecule has 0 atom stereocenters. The van der Waals surface area contributed by atoms with E-state index in [1.165, 1.54) is 4.90 Å². The number of rotatable bonds is 9. The van der Waals surface area contributed by atoms with Gasteiger partial charge in [-0.05, 0) is 44.0 Å². The van der Waals surface area contributed by atoms with Crippen LogP contribution in [-0.4, -0.2) is 43.6 Å². The van der Waals surface area contributed by atoms with Crippen LogP contribution < -0.4 is 10.1 Å². The molecule has 0 unspecified atom stereocenters. The molecule has 0 aromatic heterocycles. The first kappa shape index (κ1) is 20.6. The van der Waals surface area contributed by atoms with E-state index >= 15 is 0 Å². The third-order valence-electron chi connectivity index (χ3n) is 4.71. The number of anilines is 1. The molecule has 6 nitrogen and oxygen atoms in total. The summed E-state index contributed by atoms with van der Waals surface area (Å²) in [5.74, 6) is -0.122. The van der Waals surface area contributed by atoms with Crippen molar-refractivity contribution in [3.8, 4) is 5.75 Å². The number of methoxy groups -OCH3 is 1. The molecule has 0 saturated heterocycles. The largest absolute Gasteiger partial charge is 0.496 e. The van der Waals surface area contributed by atoms with Crippen molar-refractivity contribution in [2.24, 2.45) is 0 Å². The van der Waals surface area contributed by atoms with Gasteiger partial charge in [-0.3, -0.25) is 14.5 Å². The van der Waals surface area contributed by atoms with E-state index in [0.717, 1.165) is 11.3 Å². The Bertz CT molecular complexity index is 936. The van der Waals surface area contributed by atoms with Gasteiger partial charge in [-0.25, -0.2) is 0 Å². The third kappa shape index (κ3) is 4.49. The van der Waals surface area contributed by atoms with E-state index in [1.807, 2.05) is 50.2 Å². The molecule has 1 aliphatic heterocycles. The zero-order chi connectivity index (χ0) is 20.8. The fourth-order valence-corrected chi connectivity index (χ4v) is 3.33. The molecule has 3 rings (SSSR count). The standard InChI is InChI=1S/C23H26N2O4/c1-4-29-14-8-13-25-22(26)20(18-11-5-6-12-19(18)28-3)21(23(25)27)24-17-10-7-9-16(2)15-17/h5-7,9-12,15,24H,4,8,13-14H2,1-3H3. The lowest BCUT2D eigenvalue weighted by Gasteiger charge is -2.15. The van der Waals surface area contributed by atoms with Crippen LogP contribution in [-0.2, 0) is 14.3 Å². The lowest BCUT2D eigenvalue weighted by atomic mass is 10.0. The number of hydrogen-bond donors (Lipinski definition) is 1. The molecule has 6 heteroatoms. The van der Waals surface area contributed by atoms with Crippen molar-refractivity contribution in [2.75, 3.05) is 32.2 Å². The molecular formula is C23H26N2O4. The van der Waals surface area contributed by atoms with Crippen molar-refractivity contribution >= 4 is 23.1 Å². The summed E-state index contributed by atoms with van der Waals surface area (Å²) in [6, 6.07) is 14.9. The van der Waals surface area contributed by atoms with E-state index in [2.05, 4.69) is 5.32 Å². The fourth-order valence-electron chi connectivity index (χ4n) is 3.33. The molecule has 0 aliphatic carbocycles. The topological polar surface area (TPSA) is 67.9 Å². The zero-order valence-corrected chi connectivity index (χ0v) is 17.0.